The van der Waals surface area contributed by atoms with Crippen molar-refractivity contribution in [2.45, 2.75) is 69.4 Å². The van der Waals surface area contributed by atoms with Crippen molar-refractivity contribution >= 4 is 33.3 Å². The van der Waals surface area contributed by atoms with Crippen LogP contribution in [0.25, 0.3) is 10.2 Å². The van der Waals surface area contributed by atoms with E-state index in [2.05, 4.69) is 29.0 Å². The first-order chi connectivity index (χ1) is 13.7. The normalized spacial score (nSPS) is 13.8. The highest BCUT2D eigenvalue weighted by molar-refractivity contribution is 7.98. The molecule has 0 aliphatic heterocycles. The van der Waals surface area contributed by atoms with E-state index in [1.807, 2.05) is 4.68 Å². The molecule has 0 amide bonds. The Balaban J connectivity index is 1.68. The second kappa shape index (κ2) is 8.57. The summed E-state index contributed by atoms with van der Waals surface area (Å²) in [6, 6.07) is 0. The first-order valence-corrected chi connectivity index (χ1v) is 11.6. The number of hydrogen-bond donors (Lipinski definition) is 0. The van der Waals surface area contributed by atoms with Crippen molar-refractivity contribution < 1.29 is 0 Å². The van der Waals surface area contributed by atoms with Crippen LogP contribution in [0, 0.1) is 0 Å². The topological polar surface area (TPSA) is 78.5 Å². The molecule has 9 heteroatoms. The van der Waals surface area contributed by atoms with Crippen LogP contribution in [0.5, 0.6) is 0 Å². The summed E-state index contributed by atoms with van der Waals surface area (Å²) in [6.45, 7) is 7.23. The number of allylic oxidation sites excluding steroid dienone is 1. The van der Waals surface area contributed by atoms with Crippen LogP contribution in [-0.4, -0.2) is 29.8 Å². The number of aryl methyl sites for hydroxylation is 3. The summed E-state index contributed by atoms with van der Waals surface area (Å²) in [7, 11) is 0. The molecule has 7 nitrogen and oxygen atoms in total. The zero-order valence-corrected chi connectivity index (χ0v) is 17.7. The second-order valence-electron chi connectivity index (χ2n) is 6.95. The predicted octanol–water partition coefficient (Wildman–Crippen LogP) is 3.60. The van der Waals surface area contributed by atoms with Gasteiger partial charge in [0, 0.05) is 18.0 Å². The minimum Gasteiger partial charge on any atom is -0.283 e. The third kappa shape index (κ3) is 3.65. The van der Waals surface area contributed by atoms with Gasteiger partial charge in [0.25, 0.3) is 5.56 Å². The molecular weight excluding hydrogens is 392 g/mol. The number of tetrazole rings is 1. The van der Waals surface area contributed by atoms with Gasteiger partial charge < -0.3 is 0 Å². The fourth-order valence-electron chi connectivity index (χ4n) is 3.56. The van der Waals surface area contributed by atoms with E-state index < -0.39 is 0 Å². The van der Waals surface area contributed by atoms with Crippen LogP contribution in [0.1, 0.15) is 48.9 Å². The maximum atomic E-state index is 13.3. The van der Waals surface area contributed by atoms with E-state index in [0.717, 1.165) is 54.7 Å². The lowest BCUT2D eigenvalue weighted by Gasteiger charge is -2.12. The first kappa shape index (κ1) is 19.3. The summed E-state index contributed by atoms with van der Waals surface area (Å²) < 4.78 is 3.58. The average molecular weight is 417 g/mol. The van der Waals surface area contributed by atoms with Gasteiger partial charge in [0.15, 0.2) is 11.0 Å². The number of rotatable bonds is 8. The zero-order valence-electron chi connectivity index (χ0n) is 16.1. The zero-order chi connectivity index (χ0) is 19.5. The van der Waals surface area contributed by atoms with E-state index >= 15 is 0 Å². The summed E-state index contributed by atoms with van der Waals surface area (Å²) in [6.07, 6.45) is 8.27. The highest BCUT2D eigenvalue weighted by Gasteiger charge is 2.22. The van der Waals surface area contributed by atoms with E-state index in [1.165, 1.54) is 28.6 Å². The highest BCUT2D eigenvalue weighted by Crippen LogP contribution is 2.35. The molecule has 1 aliphatic carbocycles. The summed E-state index contributed by atoms with van der Waals surface area (Å²) in [5, 5.41) is 13.6. The van der Waals surface area contributed by atoms with Crippen molar-refractivity contribution in [3.8, 4) is 0 Å². The van der Waals surface area contributed by atoms with Crippen molar-refractivity contribution in [3.05, 3.63) is 39.3 Å². The Morgan fingerprint density at radius 1 is 1.32 bits per heavy atom. The summed E-state index contributed by atoms with van der Waals surface area (Å²) in [5.41, 5.74) is 1.28. The molecular formula is C19H24N6OS2. The Labute approximate surface area is 171 Å². The van der Waals surface area contributed by atoms with Crippen molar-refractivity contribution in [3.63, 3.8) is 0 Å². The van der Waals surface area contributed by atoms with Crippen LogP contribution < -0.4 is 5.56 Å². The van der Waals surface area contributed by atoms with Gasteiger partial charge in [-0.3, -0.25) is 9.36 Å². The van der Waals surface area contributed by atoms with Crippen LogP contribution in [-0.2, 0) is 31.7 Å². The molecule has 0 spiro atoms. The molecule has 0 radical (unpaired) electrons. The Kier molecular flexibility index (Phi) is 5.91. The Morgan fingerprint density at radius 3 is 3.00 bits per heavy atom. The first-order valence-electron chi connectivity index (χ1n) is 9.76. The fraction of sp³-hybridized carbons (Fsp3) is 0.526. The summed E-state index contributed by atoms with van der Waals surface area (Å²) in [5.74, 6) is 1.39. The Bertz CT molecular complexity index is 1050. The number of fused-ring (bicyclic) bond motifs is 3. The van der Waals surface area contributed by atoms with E-state index in [-0.39, 0.29) is 5.56 Å². The molecule has 0 N–H and O–H groups in total. The van der Waals surface area contributed by atoms with Crippen LogP contribution in [0.3, 0.4) is 0 Å². The van der Waals surface area contributed by atoms with Crippen LogP contribution in [0.2, 0.25) is 0 Å². The van der Waals surface area contributed by atoms with Gasteiger partial charge in [-0.2, -0.15) is 0 Å². The number of thiophene rings is 1. The molecule has 148 valence electrons. The van der Waals surface area contributed by atoms with Crippen LogP contribution in [0.15, 0.2) is 22.6 Å². The molecule has 3 heterocycles. The molecule has 1 aliphatic rings. The molecule has 3 aromatic rings. The van der Waals surface area contributed by atoms with Crippen molar-refractivity contribution in [2.75, 3.05) is 0 Å². The van der Waals surface area contributed by atoms with Gasteiger partial charge in [-0.1, -0.05) is 31.2 Å². The van der Waals surface area contributed by atoms with Gasteiger partial charge in [-0.05, 0) is 48.1 Å². The predicted molar refractivity (Wildman–Crippen MR) is 113 cm³/mol. The highest BCUT2D eigenvalue weighted by atomic mass is 32.2. The molecule has 0 fully saturated rings. The number of nitrogens with zero attached hydrogens (tertiary/aromatic N) is 6. The summed E-state index contributed by atoms with van der Waals surface area (Å²) >= 11 is 3.20. The van der Waals surface area contributed by atoms with Gasteiger partial charge in [0.05, 0.1) is 11.1 Å². The number of aromatic nitrogens is 6. The van der Waals surface area contributed by atoms with E-state index in [0.29, 0.717) is 17.5 Å². The van der Waals surface area contributed by atoms with E-state index in [9.17, 15) is 4.79 Å². The smallest absolute Gasteiger partial charge is 0.263 e. The number of hydrogen-bond acceptors (Lipinski definition) is 7. The minimum atomic E-state index is 0.0531. The van der Waals surface area contributed by atoms with Crippen molar-refractivity contribution in [1.29, 1.82) is 0 Å². The van der Waals surface area contributed by atoms with Gasteiger partial charge in [-0.15, -0.1) is 23.0 Å². The van der Waals surface area contributed by atoms with E-state index in [4.69, 9.17) is 4.98 Å². The monoisotopic (exact) mass is 416 g/mol. The Morgan fingerprint density at radius 2 is 2.18 bits per heavy atom. The quantitative estimate of drug-likeness (QED) is 0.317. The lowest BCUT2D eigenvalue weighted by molar-refractivity contribution is 0.540. The molecule has 28 heavy (non-hydrogen) atoms. The maximum absolute atomic E-state index is 13.3. The lowest BCUT2D eigenvalue weighted by Crippen LogP contribution is -2.23. The van der Waals surface area contributed by atoms with Gasteiger partial charge in [0.2, 0.25) is 0 Å². The van der Waals surface area contributed by atoms with Crippen LogP contribution in [0.4, 0.5) is 0 Å². The SMILES string of the molecule is C=CCn1c(SCc2nnnn2CCCC)nc2sc3c(c2c1=O)CCCC3. The van der Waals surface area contributed by atoms with Crippen molar-refractivity contribution in [1.82, 2.24) is 29.8 Å². The van der Waals surface area contributed by atoms with Crippen LogP contribution >= 0.6 is 23.1 Å². The minimum absolute atomic E-state index is 0.0531. The molecule has 0 aromatic carbocycles. The molecule has 0 saturated carbocycles. The Hall–Kier alpha value is -2.00. The lowest BCUT2D eigenvalue weighted by atomic mass is 9.97. The average Bonchev–Trinajstić information content (AvgIpc) is 3.30. The third-order valence-electron chi connectivity index (χ3n) is 5.01. The van der Waals surface area contributed by atoms with Gasteiger partial charge in [-0.25, -0.2) is 9.67 Å². The third-order valence-corrected chi connectivity index (χ3v) is 7.17. The molecule has 0 bridgehead atoms. The largest absolute Gasteiger partial charge is 0.283 e. The molecule has 0 unspecified atom stereocenters. The van der Waals surface area contributed by atoms with E-state index in [1.54, 1.807) is 22.0 Å². The number of thioether (sulfide) groups is 1. The standard InChI is InChI=1S/C19H24N6OS2/c1-3-5-11-25-15(21-22-23-25)12-27-19-20-17-16(18(26)24(19)10-4-2)13-8-6-7-9-14(13)28-17/h4H,2-3,5-12H2,1H3. The maximum Gasteiger partial charge on any atom is 0.263 e. The molecule has 0 atom stereocenters. The fourth-order valence-corrected chi connectivity index (χ4v) is 5.80. The molecule has 4 rings (SSSR count). The summed E-state index contributed by atoms with van der Waals surface area (Å²) in [4.78, 5) is 20.3. The van der Waals surface area contributed by atoms with Gasteiger partial charge in [0.1, 0.15) is 4.83 Å². The van der Waals surface area contributed by atoms with Gasteiger partial charge >= 0.3 is 0 Å². The number of unbranched alkanes of at least 4 members (excludes halogenated alkanes) is 1. The van der Waals surface area contributed by atoms with Crippen molar-refractivity contribution in [2.24, 2.45) is 0 Å². The molecule has 3 aromatic heterocycles. The second-order valence-corrected chi connectivity index (χ2v) is 8.98. The molecule has 0 saturated heterocycles.